The van der Waals surface area contributed by atoms with Crippen LogP contribution in [0.15, 0.2) is 29.3 Å². The van der Waals surface area contributed by atoms with Gasteiger partial charge >= 0.3 is 0 Å². The van der Waals surface area contributed by atoms with E-state index in [1.54, 1.807) is 7.11 Å². The molecule has 2 saturated heterocycles. The van der Waals surface area contributed by atoms with Crippen molar-refractivity contribution in [2.24, 2.45) is 10.4 Å². The van der Waals surface area contributed by atoms with Gasteiger partial charge in [0.15, 0.2) is 5.96 Å². The van der Waals surface area contributed by atoms with E-state index >= 15 is 0 Å². The minimum Gasteiger partial charge on any atom is -0.492 e. The highest BCUT2D eigenvalue weighted by molar-refractivity contribution is 14.0. The number of methoxy groups -OCH3 is 1. The first-order chi connectivity index (χ1) is 14.1. The third-order valence-electron chi connectivity index (χ3n) is 5.90. The van der Waals surface area contributed by atoms with Crippen molar-refractivity contribution in [1.29, 1.82) is 0 Å². The molecule has 1 unspecified atom stereocenters. The van der Waals surface area contributed by atoms with E-state index in [-0.39, 0.29) is 24.0 Å². The van der Waals surface area contributed by atoms with Crippen molar-refractivity contribution in [2.75, 3.05) is 73.8 Å². The highest BCUT2D eigenvalue weighted by atomic mass is 127. The van der Waals surface area contributed by atoms with Crippen LogP contribution in [-0.4, -0.2) is 89.6 Å². The summed E-state index contributed by atoms with van der Waals surface area (Å²) in [5, 5.41) is 3.52. The Morgan fingerprint density at radius 3 is 2.87 bits per heavy atom. The lowest BCUT2D eigenvalue weighted by atomic mass is 9.87. The molecule has 1 atom stereocenters. The average molecular weight is 532 g/mol. The van der Waals surface area contributed by atoms with E-state index in [0.29, 0.717) is 12.0 Å². The summed E-state index contributed by atoms with van der Waals surface area (Å²) >= 11 is 0. The van der Waals surface area contributed by atoms with Gasteiger partial charge in [-0.2, -0.15) is 0 Å². The zero-order valence-corrected chi connectivity index (χ0v) is 20.9. The Morgan fingerprint density at radius 1 is 1.30 bits per heavy atom. The molecule has 170 valence electrons. The molecular formula is C22H37IN4O3. The first kappa shape index (κ1) is 25.2. The number of nitrogens with zero attached hydrogens (tertiary/aromatic N) is 3. The lowest BCUT2D eigenvalue weighted by Gasteiger charge is -2.25. The Hall–Kier alpha value is -1.10. The number of nitrogens with one attached hydrogen (secondary N) is 1. The Labute approximate surface area is 198 Å². The minimum absolute atomic E-state index is 0. The summed E-state index contributed by atoms with van der Waals surface area (Å²) in [6.45, 7) is 7.79. The van der Waals surface area contributed by atoms with Crippen LogP contribution in [0, 0.1) is 5.41 Å². The summed E-state index contributed by atoms with van der Waals surface area (Å²) in [7, 11) is 5.66. The van der Waals surface area contributed by atoms with E-state index in [1.807, 2.05) is 19.2 Å². The van der Waals surface area contributed by atoms with E-state index in [9.17, 15) is 0 Å². The molecule has 2 aliphatic heterocycles. The zero-order valence-electron chi connectivity index (χ0n) is 18.6. The standard InChI is InChI=1S/C22H36N4O3.HI/c1-23-21(26-9-7-22(17-26)8-12-28-18-22)24-16-19-5-4-6-20(15-19)29-14-11-25(2)10-13-27-3;/h4-6,15H,7-14,16-18H2,1-3H3,(H,23,24);1H. The van der Waals surface area contributed by atoms with Crippen LogP contribution in [-0.2, 0) is 16.0 Å². The maximum absolute atomic E-state index is 5.93. The van der Waals surface area contributed by atoms with E-state index in [4.69, 9.17) is 14.2 Å². The van der Waals surface area contributed by atoms with Crippen LogP contribution < -0.4 is 10.1 Å². The van der Waals surface area contributed by atoms with Crippen LogP contribution in [0.25, 0.3) is 0 Å². The van der Waals surface area contributed by atoms with Crippen LogP contribution in [0.2, 0.25) is 0 Å². The number of rotatable bonds is 9. The number of guanidine groups is 1. The van der Waals surface area contributed by atoms with Crippen molar-refractivity contribution < 1.29 is 14.2 Å². The topological polar surface area (TPSA) is 58.6 Å². The first-order valence-electron chi connectivity index (χ1n) is 10.6. The molecule has 2 aliphatic rings. The predicted molar refractivity (Wildman–Crippen MR) is 131 cm³/mol. The number of likely N-dealkylation sites (N-methyl/N-ethyl adjacent to an activating group) is 1. The van der Waals surface area contributed by atoms with Gasteiger partial charge in [-0.1, -0.05) is 12.1 Å². The number of ether oxygens (including phenoxy) is 3. The monoisotopic (exact) mass is 532 g/mol. The van der Waals surface area contributed by atoms with E-state index in [2.05, 4.69) is 39.3 Å². The van der Waals surface area contributed by atoms with Gasteiger partial charge in [-0.3, -0.25) is 4.99 Å². The number of likely N-dealkylation sites (tertiary alicyclic amines) is 1. The molecule has 2 heterocycles. The van der Waals surface area contributed by atoms with Crippen LogP contribution >= 0.6 is 24.0 Å². The summed E-state index contributed by atoms with van der Waals surface area (Å²) in [5.41, 5.74) is 1.52. The van der Waals surface area contributed by atoms with Crippen molar-refractivity contribution in [3.05, 3.63) is 29.8 Å². The molecule has 0 amide bonds. The molecule has 8 heteroatoms. The molecule has 0 aromatic heterocycles. The quantitative estimate of drug-likeness (QED) is 0.300. The first-order valence-corrected chi connectivity index (χ1v) is 10.6. The molecule has 30 heavy (non-hydrogen) atoms. The Bertz CT molecular complexity index is 668. The van der Waals surface area contributed by atoms with E-state index in [1.165, 1.54) is 18.4 Å². The summed E-state index contributed by atoms with van der Waals surface area (Å²) in [4.78, 5) is 9.07. The third kappa shape index (κ3) is 7.25. The van der Waals surface area contributed by atoms with Crippen LogP contribution in [0.4, 0.5) is 0 Å². The van der Waals surface area contributed by atoms with Crippen molar-refractivity contribution >= 4 is 29.9 Å². The van der Waals surface area contributed by atoms with Gasteiger partial charge in [-0.05, 0) is 37.6 Å². The second kappa shape index (κ2) is 12.7. The maximum atomic E-state index is 5.93. The SMILES string of the molecule is CN=C(NCc1cccc(OCCN(C)CCOC)c1)N1CCC2(CCOC2)C1.I. The fourth-order valence-corrected chi connectivity index (χ4v) is 4.02. The van der Waals surface area contributed by atoms with Crippen LogP contribution in [0.1, 0.15) is 18.4 Å². The third-order valence-corrected chi connectivity index (χ3v) is 5.90. The maximum Gasteiger partial charge on any atom is 0.193 e. The summed E-state index contributed by atoms with van der Waals surface area (Å²) in [6, 6.07) is 8.28. The average Bonchev–Trinajstić information content (AvgIpc) is 3.37. The molecule has 3 rings (SSSR count). The smallest absolute Gasteiger partial charge is 0.193 e. The summed E-state index contributed by atoms with van der Waals surface area (Å²) in [6.07, 6.45) is 2.36. The highest BCUT2D eigenvalue weighted by Crippen LogP contribution is 2.38. The predicted octanol–water partition coefficient (Wildman–Crippen LogP) is 2.45. The molecule has 1 aromatic carbocycles. The molecule has 1 N–H and O–H groups in total. The molecule has 0 saturated carbocycles. The lowest BCUT2D eigenvalue weighted by Crippen LogP contribution is -2.41. The molecule has 2 fully saturated rings. The highest BCUT2D eigenvalue weighted by Gasteiger charge is 2.42. The Morgan fingerprint density at radius 2 is 2.13 bits per heavy atom. The lowest BCUT2D eigenvalue weighted by molar-refractivity contribution is 0.150. The zero-order chi connectivity index (χ0) is 20.5. The second-order valence-electron chi connectivity index (χ2n) is 8.17. The van der Waals surface area contributed by atoms with Gasteiger partial charge < -0.3 is 29.3 Å². The Balaban J connectivity index is 0.00000320. The number of aliphatic imine (C=N–C) groups is 1. The number of benzene rings is 1. The normalized spacial score (nSPS) is 21.3. The number of hydrogen-bond acceptors (Lipinski definition) is 5. The molecule has 0 radical (unpaired) electrons. The van der Waals surface area contributed by atoms with Crippen LogP contribution in [0.3, 0.4) is 0 Å². The number of hydrogen-bond donors (Lipinski definition) is 1. The van der Waals surface area contributed by atoms with Crippen molar-refractivity contribution in [2.45, 2.75) is 19.4 Å². The van der Waals surface area contributed by atoms with Gasteiger partial charge in [0.1, 0.15) is 12.4 Å². The fourth-order valence-electron chi connectivity index (χ4n) is 4.02. The summed E-state index contributed by atoms with van der Waals surface area (Å²) in [5.74, 6) is 1.88. The van der Waals surface area contributed by atoms with E-state index < -0.39 is 0 Å². The molecular weight excluding hydrogens is 495 g/mol. The van der Waals surface area contributed by atoms with Crippen LogP contribution in [0.5, 0.6) is 5.75 Å². The van der Waals surface area contributed by atoms with Gasteiger partial charge in [-0.15, -0.1) is 24.0 Å². The largest absolute Gasteiger partial charge is 0.492 e. The Kier molecular flexibility index (Phi) is 10.6. The van der Waals surface area contributed by atoms with Crippen molar-refractivity contribution in [3.8, 4) is 5.75 Å². The van der Waals surface area contributed by atoms with Gasteiger partial charge in [0.25, 0.3) is 0 Å². The fraction of sp³-hybridized carbons (Fsp3) is 0.682. The van der Waals surface area contributed by atoms with Crippen molar-refractivity contribution in [1.82, 2.24) is 15.1 Å². The second-order valence-corrected chi connectivity index (χ2v) is 8.17. The molecule has 0 aliphatic carbocycles. The number of halogens is 1. The van der Waals surface area contributed by atoms with Crippen molar-refractivity contribution in [3.63, 3.8) is 0 Å². The molecule has 1 aromatic rings. The van der Waals surface area contributed by atoms with Gasteiger partial charge in [0, 0.05) is 58.9 Å². The van der Waals surface area contributed by atoms with Gasteiger partial charge in [0.05, 0.1) is 13.2 Å². The molecule has 0 bridgehead atoms. The van der Waals surface area contributed by atoms with E-state index in [0.717, 1.165) is 64.3 Å². The minimum atomic E-state index is 0. The van der Waals surface area contributed by atoms with Gasteiger partial charge in [-0.25, -0.2) is 0 Å². The van der Waals surface area contributed by atoms with Gasteiger partial charge in [0.2, 0.25) is 0 Å². The summed E-state index contributed by atoms with van der Waals surface area (Å²) < 4.78 is 16.7. The molecule has 7 nitrogen and oxygen atoms in total. The molecule has 1 spiro atoms.